The van der Waals surface area contributed by atoms with Crippen LogP contribution in [0.25, 0.3) is 11.1 Å². The van der Waals surface area contributed by atoms with Gasteiger partial charge in [-0.1, -0.05) is 48.5 Å². The zero-order valence-electron chi connectivity index (χ0n) is 16.8. The fourth-order valence-corrected chi connectivity index (χ4v) is 5.56. The van der Waals surface area contributed by atoms with E-state index >= 15 is 0 Å². The van der Waals surface area contributed by atoms with Gasteiger partial charge in [0.25, 0.3) is 0 Å². The number of nitrogens with one attached hydrogen (secondary N) is 1. The highest BCUT2D eigenvalue weighted by atomic mass is 32.2. The molecule has 2 aromatic carbocycles. The number of hydrogen-bond donors (Lipinski definition) is 1. The second-order valence-corrected chi connectivity index (χ2v) is 9.99. The largest absolute Gasteiger partial charge is 0.338 e. The molecule has 1 N–H and O–H groups in total. The number of amides is 1. The number of sulfonamides is 1. The summed E-state index contributed by atoms with van der Waals surface area (Å²) >= 11 is 0. The molecule has 2 unspecified atom stereocenters. The van der Waals surface area contributed by atoms with Crippen LogP contribution in [0, 0.1) is 0 Å². The molecule has 0 aliphatic carbocycles. The van der Waals surface area contributed by atoms with Crippen LogP contribution in [0.2, 0.25) is 0 Å². The molecule has 2 atom stereocenters. The molecule has 6 heteroatoms. The maximum absolute atomic E-state index is 13.1. The maximum Gasteiger partial charge on any atom is 0.222 e. The number of nitrogens with zero attached hydrogens (tertiary/aromatic N) is 1. The summed E-state index contributed by atoms with van der Waals surface area (Å²) in [7, 11) is -3.34. The molecule has 2 aliphatic heterocycles. The van der Waals surface area contributed by atoms with Crippen molar-refractivity contribution in [3.05, 3.63) is 59.7 Å². The number of fused-ring (bicyclic) bond motifs is 5. The lowest BCUT2D eigenvalue weighted by molar-refractivity contribution is -0.135. The smallest absolute Gasteiger partial charge is 0.222 e. The first-order valence-electron chi connectivity index (χ1n) is 10.3. The van der Waals surface area contributed by atoms with Gasteiger partial charge in [-0.25, -0.2) is 13.1 Å². The highest BCUT2D eigenvalue weighted by Gasteiger charge is 2.35. The SMILES string of the molecule is CS(=O)(=O)NC1CCCN2C(=O)CCCc3ccccc3-c3cccc(c3)CC12. The van der Waals surface area contributed by atoms with Crippen molar-refractivity contribution in [1.29, 1.82) is 0 Å². The van der Waals surface area contributed by atoms with E-state index < -0.39 is 10.0 Å². The normalized spacial score (nSPS) is 22.8. The second-order valence-electron chi connectivity index (χ2n) is 8.21. The molecule has 2 aliphatic rings. The maximum atomic E-state index is 13.1. The van der Waals surface area contributed by atoms with Crippen LogP contribution in [0.4, 0.5) is 0 Å². The van der Waals surface area contributed by atoms with Crippen LogP contribution in [-0.2, 0) is 27.7 Å². The second kappa shape index (κ2) is 8.28. The summed E-state index contributed by atoms with van der Waals surface area (Å²) in [4.78, 5) is 15.0. The molecule has 0 spiro atoms. The van der Waals surface area contributed by atoms with Crippen LogP contribution in [0.3, 0.4) is 0 Å². The van der Waals surface area contributed by atoms with Gasteiger partial charge in [0, 0.05) is 19.0 Å². The third-order valence-corrected chi connectivity index (χ3v) is 6.73. The third-order valence-electron chi connectivity index (χ3n) is 6.00. The van der Waals surface area contributed by atoms with E-state index in [4.69, 9.17) is 0 Å². The third kappa shape index (κ3) is 4.70. The van der Waals surface area contributed by atoms with Gasteiger partial charge in [-0.2, -0.15) is 0 Å². The molecule has 0 aromatic heterocycles. The monoisotopic (exact) mass is 412 g/mol. The number of hydrogen-bond acceptors (Lipinski definition) is 3. The van der Waals surface area contributed by atoms with Gasteiger partial charge in [-0.3, -0.25) is 4.79 Å². The number of piperidine rings is 1. The standard InChI is InChI=1S/C23H28N2O3S/c1-29(27,28)24-21-12-6-14-25-22(21)16-17-7-4-10-19(15-17)20-11-3-2-8-18(20)9-5-13-23(25)26/h2-4,7-8,10-11,15,21-22,24H,5-6,9,12-14,16H2,1H3. The molecule has 29 heavy (non-hydrogen) atoms. The first-order chi connectivity index (χ1) is 13.9. The van der Waals surface area contributed by atoms with Gasteiger partial charge < -0.3 is 4.90 Å². The predicted molar refractivity (Wildman–Crippen MR) is 115 cm³/mol. The van der Waals surface area contributed by atoms with E-state index in [9.17, 15) is 13.2 Å². The van der Waals surface area contributed by atoms with Crippen molar-refractivity contribution in [3.63, 3.8) is 0 Å². The van der Waals surface area contributed by atoms with Crippen LogP contribution in [0.5, 0.6) is 0 Å². The number of aryl methyl sites for hydroxylation is 1. The Kier molecular flexibility index (Phi) is 5.74. The average Bonchev–Trinajstić information content (AvgIpc) is 2.68. The Morgan fingerprint density at radius 1 is 1.03 bits per heavy atom. The lowest BCUT2D eigenvalue weighted by atomic mass is 9.88. The fourth-order valence-electron chi connectivity index (χ4n) is 4.73. The van der Waals surface area contributed by atoms with Gasteiger partial charge >= 0.3 is 0 Å². The molecule has 2 aromatic rings. The molecule has 1 saturated heterocycles. The molecule has 5 nitrogen and oxygen atoms in total. The van der Waals surface area contributed by atoms with Crippen molar-refractivity contribution in [3.8, 4) is 11.1 Å². The van der Waals surface area contributed by atoms with E-state index in [0.29, 0.717) is 19.4 Å². The lowest BCUT2D eigenvalue weighted by Gasteiger charge is -2.42. The van der Waals surface area contributed by atoms with E-state index in [1.54, 1.807) is 0 Å². The van der Waals surface area contributed by atoms with E-state index in [2.05, 4.69) is 53.3 Å². The number of rotatable bonds is 2. The molecule has 4 rings (SSSR count). The zero-order valence-corrected chi connectivity index (χ0v) is 17.6. The first-order valence-corrected chi connectivity index (χ1v) is 12.2. The van der Waals surface area contributed by atoms with Crippen molar-refractivity contribution in [2.24, 2.45) is 0 Å². The van der Waals surface area contributed by atoms with Gasteiger partial charge in [-0.05, 0) is 54.4 Å². The molecule has 2 bridgehead atoms. The molecule has 2 heterocycles. The van der Waals surface area contributed by atoms with Gasteiger partial charge in [0.15, 0.2) is 0 Å². The Morgan fingerprint density at radius 3 is 2.69 bits per heavy atom. The Labute approximate surface area is 173 Å². The van der Waals surface area contributed by atoms with Gasteiger partial charge in [0.2, 0.25) is 15.9 Å². The Hall–Kier alpha value is -2.18. The highest BCUT2D eigenvalue weighted by Crippen LogP contribution is 2.29. The molecule has 1 amide bonds. The van der Waals surface area contributed by atoms with Crippen LogP contribution < -0.4 is 4.72 Å². The average molecular weight is 413 g/mol. The lowest BCUT2D eigenvalue weighted by Crippen LogP contribution is -2.57. The Bertz CT molecular complexity index is 1000. The van der Waals surface area contributed by atoms with Crippen molar-refractivity contribution < 1.29 is 13.2 Å². The zero-order chi connectivity index (χ0) is 20.4. The molecule has 0 saturated carbocycles. The van der Waals surface area contributed by atoms with Crippen LogP contribution in [0.1, 0.15) is 36.8 Å². The summed E-state index contributed by atoms with van der Waals surface area (Å²) in [5, 5.41) is 0. The summed E-state index contributed by atoms with van der Waals surface area (Å²) in [6, 6.07) is 16.4. The first kappa shape index (κ1) is 20.1. The number of carbonyl (C=O) groups is 1. The summed E-state index contributed by atoms with van der Waals surface area (Å²) < 4.78 is 26.7. The van der Waals surface area contributed by atoms with E-state index in [0.717, 1.165) is 31.2 Å². The van der Waals surface area contributed by atoms with Crippen molar-refractivity contribution in [2.75, 3.05) is 12.8 Å². The fraction of sp³-hybridized carbons (Fsp3) is 0.435. The highest BCUT2D eigenvalue weighted by molar-refractivity contribution is 7.88. The van der Waals surface area contributed by atoms with Gasteiger partial charge in [-0.15, -0.1) is 0 Å². The van der Waals surface area contributed by atoms with Crippen molar-refractivity contribution in [2.45, 2.75) is 50.6 Å². The quantitative estimate of drug-likeness (QED) is 0.824. The predicted octanol–water partition coefficient (Wildman–Crippen LogP) is 3.14. The van der Waals surface area contributed by atoms with Crippen LogP contribution in [-0.4, -0.2) is 44.1 Å². The van der Waals surface area contributed by atoms with E-state index in [-0.39, 0.29) is 18.0 Å². The molecular weight excluding hydrogens is 384 g/mol. The number of benzene rings is 2. The molecular formula is C23H28N2O3S. The topological polar surface area (TPSA) is 66.5 Å². The van der Waals surface area contributed by atoms with E-state index in [1.807, 2.05) is 4.90 Å². The Balaban J connectivity index is 1.75. The number of carbonyl (C=O) groups excluding carboxylic acids is 1. The minimum Gasteiger partial charge on any atom is -0.338 e. The van der Waals surface area contributed by atoms with Crippen molar-refractivity contribution >= 4 is 15.9 Å². The summed E-state index contributed by atoms with van der Waals surface area (Å²) in [6.07, 6.45) is 5.56. The van der Waals surface area contributed by atoms with Gasteiger partial charge in [0.1, 0.15) is 0 Å². The van der Waals surface area contributed by atoms with E-state index in [1.165, 1.54) is 22.9 Å². The minimum atomic E-state index is -3.34. The van der Waals surface area contributed by atoms with Gasteiger partial charge in [0.05, 0.1) is 12.3 Å². The van der Waals surface area contributed by atoms with Crippen LogP contribution >= 0.6 is 0 Å². The Morgan fingerprint density at radius 2 is 1.86 bits per heavy atom. The summed E-state index contributed by atoms with van der Waals surface area (Å²) in [5.41, 5.74) is 4.79. The van der Waals surface area contributed by atoms with Crippen molar-refractivity contribution in [1.82, 2.24) is 9.62 Å². The summed E-state index contributed by atoms with van der Waals surface area (Å²) in [5.74, 6) is 0.129. The molecule has 154 valence electrons. The minimum absolute atomic E-state index is 0.129. The molecule has 1 fully saturated rings. The summed E-state index contributed by atoms with van der Waals surface area (Å²) in [6.45, 7) is 0.696. The van der Waals surface area contributed by atoms with Crippen LogP contribution in [0.15, 0.2) is 48.5 Å². The molecule has 0 radical (unpaired) electrons.